The van der Waals surface area contributed by atoms with Gasteiger partial charge in [0, 0.05) is 29.2 Å². The predicted octanol–water partition coefficient (Wildman–Crippen LogP) is 3.57. The van der Waals surface area contributed by atoms with Crippen LogP contribution in [0.15, 0.2) is 39.0 Å². The third-order valence-electron chi connectivity index (χ3n) is 2.68. The van der Waals surface area contributed by atoms with E-state index in [4.69, 9.17) is 17.3 Å². The molecule has 1 aromatic heterocycles. The van der Waals surface area contributed by atoms with Crippen molar-refractivity contribution in [1.29, 1.82) is 0 Å². The van der Waals surface area contributed by atoms with Gasteiger partial charge in [-0.1, -0.05) is 17.7 Å². The first kappa shape index (κ1) is 15.8. The normalized spacial score (nSPS) is 12.0. The highest BCUT2D eigenvalue weighted by Crippen LogP contribution is 2.33. The average molecular weight is 396 g/mol. The predicted molar refractivity (Wildman–Crippen MR) is 86.5 cm³/mol. The molecule has 0 fully saturated rings. The first-order chi connectivity index (χ1) is 9.32. The molecule has 0 atom stereocenters. The Bertz CT molecular complexity index is 717. The molecule has 0 spiro atoms. The van der Waals surface area contributed by atoms with Gasteiger partial charge in [-0.15, -0.1) is 11.3 Å². The van der Waals surface area contributed by atoms with Crippen LogP contribution in [-0.2, 0) is 16.6 Å². The van der Waals surface area contributed by atoms with Gasteiger partial charge in [0.1, 0.15) is 0 Å². The number of benzene rings is 1. The van der Waals surface area contributed by atoms with Crippen molar-refractivity contribution in [1.82, 2.24) is 4.31 Å². The number of anilines is 1. The molecule has 2 rings (SSSR count). The summed E-state index contributed by atoms with van der Waals surface area (Å²) in [6.07, 6.45) is 0. The summed E-state index contributed by atoms with van der Waals surface area (Å²) >= 11 is 10.6. The van der Waals surface area contributed by atoms with E-state index in [1.54, 1.807) is 0 Å². The van der Waals surface area contributed by atoms with Gasteiger partial charge in [-0.05, 0) is 39.5 Å². The maximum absolute atomic E-state index is 12.6. The number of hydrogen-bond acceptors (Lipinski definition) is 4. The zero-order chi connectivity index (χ0) is 14.9. The number of nitrogen functional groups attached to an aromatic ring is 1. The summed E-state index contributed by atoms with van der Waals surface area (Å²) < 4.78 is 26.7. The molecule has 2 aromatic rings. The Kier molecular flexibility index (Phi) is 4.76. The lowest BCUT2D eigenvalue weighted by molar-refractivity contribution is 0.469. The fourth-order valence-corrected chi connectivity index (χ4v) is 4.88. The molecule has 0 aliphatic rings. The van der Waals surface area contributed by atoms with E-state index in [1.165, 1.54) is 34.8 Å². The van der Waals surface area contributed by atoms with Gasteiger partial charge < -0.3 is 5.73 Å². The monoisotopic (exact) mass is 394 g/mol. The molecule has 20 heavy (non-hydrogen) atoms. The molecule has 0 aliphatic carbocycles. The molecular formula is C12H12BrClN2O2S2. The third-order valence-corrected chi connectivity index (χ3v) is 6.73. The van der Waals surface area contributed by atoms with E-state index in [9.17, 15) is 8.42 Å². The summed E-state index contributed by atoms with van der Waals surface area (Å²) in [7, 11) is -2.14. The van der Waals surface area contributed by atoms with Crippen LogP contribution in [0.25, 0.3) is 0 Å². The highest BCUT2D eigenvalue weighted by molar-refractivity contribution is 9.10. The molecule has 0 aliphatic heterocycles. The number of rotatable bonds is 4. The third kappa shape index (κ3) is 3.17. The van der Waals surface area contributed by atoms with Crippen LogP contribution in [0.4, 0.5) is 5.69 Å². The summed E-state index contributed by atoms with van der Waals surface area (Å²) in [5.41, 5.74) is 6.03. The number of sulfonamides is 1. The molecule has 1 heterocycles. The van der Waals surface area contributed by atoms with Crippen molar-refractivity contribution in [2.75, 3.05) is 12.8 Å². The Morgan fingerprint density at radius 3 is 2.75 bits per heavy atom. The van der Waals surface area contributed by atoms with Gasteiger partial charge in [-0.2, -0.15) is 4.31 Å². The van der Waals surface area contributed by atoms with Crippen LogP contribution >= 0.6 is 38.9 Å². The average Bonchev–Trinajstić information content (AvgIpc) is 2.86. The van der Waals surface area contributed by atoms with Gasteiger partial charge in [-0.3, -0.25) is 0 Å². The molecule has 4 nitrogen and oxygen atoms in total. The van der Waals surface area contributed by atoms with E-state index in [-0.39, 0.29) is 9.92 Å². The maximum atomic E-state index is 12.6. The number of nitrogens with zero attached hydrogens (tertiary/aromatic N) is 1. The minimum atomic E-state index is -3.66. The second-order valence-corrected chi connectivity index (χ2v) is 8.42. The number of thiophene rings is 1. The van der Waals surface area contributed by atoms with Gasteiger partial charge in [0.05, 0.1) is 9.37 Å². The van der Waals surface area contributed by atoms with Gasteiger partial charge in [-0.25, -0.2) is 8.42 Å². The van der Waals surface area contributed by atoms with Gasteiger partial charge in [0.25, 0.3) is 0 Å². The van der Waals surface area contributed by atoms with E-state index in [0.29, 0.717) is 16.7 Å². The Labute approximate surface area is 135 Å². The minimum Gasteiger partial charge on any atom is -0.398 e. The van der Waals surface area contributed by atoms with Crippen molar-refractivity contribution in [2.45, 2.75) is 11.4 Å². The van der Waals surface area contributed by atoms with Crippen molar-refractivity contribution < 1.29 is 8.42 Å². The summed E-state index contributed by atoms with van der Waals surface area (Å²) in [6, 6.07) is 6.66. The van der Waals surface area contributed by atoms with E-state index in [0.717, 1.165) is 4.88 Å². The van der Waals surface area contributed by atoms with Crippen LogP contribution in [0.5, 0.6) is 0 Å². The van der Waals surface area contributed by atoms with E-state index in [2.05, 4.69) is 15.9 Å². The van der Waals surface area contributed by atoms with E-state index in [1.807, 2.05) is 17.5 Å². The largest absolute Gasteiger partial charge is 0.398 e. The molecule has 1 aromatic carbocycles. The van der Waals surface area contributed by atoms with Crippen LogP contribution in [0.1, 0.15) is 4.88 Å². The van der Waals surface area contributed by atoms with Crippen LogP contribution in [0.2, 0.25) is 5.02 Å². The lowest BCUT2D eigenvalue weighted by atomic mass is 10.3. The lowest BCUT2D eigenvalue weighted by Crippen LogP contribution is -2.26. The summed E-state index contributed by atoms with van der Waals surface area (Å²) in [5.74, 6) is 0. The zero-order valence-corrected chi connectivity index (χ0v) is 14.5. The fourth-order valence-electron chi connectivity index (χ4n) is 1.65. The van der Waals surface area contributed by atoms with Crippen molar-refractivity contribution in [3.05, 3.63) is 44.0 Å². The molecule has 0 amide bonds. The highest BCUT2D eigenvalue weighted by atomic mass is 79.9. The SMILES string of the molecule is CN(Cc1cccs1)S(=O)(=O)c1cc(Cl)cc(N)c1Br. The van der Waals surface area contributed by atoms with Crippen LogP contribution in [0.3, 0.4) is 0 Å². The van der Waals surface area contributed by atoms with Crippen LogP contribution in [-0.4, -0.2) is 19.8 Å². The number of hydrogen-bond donors (Lipinski definition) is 1. The van der Waals surface area contributed by atoms with Crippen LogP contribution in [0, 0.1) is 0 Å². The second kappa shape index (κ2) is 6.03. The first-order valence-electron chi connectivity index (χ1n) is 5.55. The standard InChI is InChI=1S/C12H12BrClN2O2S2/c1-16(7-9-3-2-4-19-9)20(17,18)11-6-8(14)5-10(15)12(11)13/h2-6H,7,15H2,1H3. The quantitative estimate of drug-likeness (QED) is 0.805. The van der Waals surface area contributed by atoms with Crippen molar-refractivity contribution in [2.24, 2.45) is 0 Å². The fraction of sp³-hybridized carbons (Fsp3) is 0.167. The Morgan fingerprint density at radius 1 is 1.45 bits per heavy atom. The maximum Gasteiger partial charge on any atom is 0.244 e. The molecule has 2 N–H and O–H groups in total. The Hall–Kier alpha value is -0.600. The molecule has 0 saturated heterocycles. The molecule has 0 radical (unpaired) electrons. The minimum absolute atomic E-state index is 0.0709. The summed E-state index contributed by atoms with van der Waals surface area (Å²) in [5, 5.41) is 2.19. The molecule has 0 saturated carbocycles. The molecule has 108 valence electrons. The summed E-state index contributed by atoms with van der Waals surface area (Å²) in [4.78, 5) is 1.03. The Balaban J connectivity index is 2.40. The molecule has 0 bridgehead atoms. The second-order valence-electron chi connectivity index (χ2n) is 4.15. The smallest absolute Gasteiger partial charge is 0.244 e. The first-order valence-corrected chi connectivity index (χ1v) is 9.04. The van der Waals surface area contributed by atoms with Crippen molar-refractivity contribution in [3.8, 4) is 0 Å². The van der Waals surface area contributed by atoms with Gasteiger partial charge in [0.15, 0.2) is 0 Å². The van der Waals surface area contributed by atoms with Gasteiger partial charge in [0.2, 0.25) is 10.0 Å². The van der Waals surface area contributed by atoms with E-state index >= 15 is 0 Å². The lowest BCUT2D eigenvalue weighted by Gasteiger charge is -2.18. The molecule has 0 unspecified atom stereocenters. The summed E-state index contributed by atoms with van der Waals surface area (Å²) in [6.45, 7) is 0.304. The van der Waals surface area contributed by atoms with E-state index < -0.39 is 10.0 Å². The molecular weight excluding hydrogens is 384 g/mol. The van der Waals surface area contributed by atoms with Gasteiger partial charge >= 0.3 is 0 Å². The molecule has 8 heteroatoms. The van der Waals surface area contributed by atoms with Crippen LogP contribution < -0.4 is 5.73 Å². The number of halogens is 2. The Morgan fingerprint density at radius 2 is 2.15 bits per heavy atom. The van der Waals surface area contributed by atoms with Crippen molar-refractivity contribution >= 4 is 54.6 Å². The zero-order valence-electron chi connectivity index (χ0n) is 10.5. The topological polar surface area (TPSA) is 63.4 Å². The highest BCUT2D eigenvalue weighted by Gasteiger charge is 2.25. The van der Waals surface area contributed by atoms with Crippen molar-refractivity contribution in [3.63, 3.8) is 0 Å². The number of nitrogens with two attached hydrogens (primary N) is 1.